The number of hydrogen-bond acceptors (Lipinski definition) is 3. The highest BCUT2D eigenvalue weighted by Gasteiger charge is 2.33. The summed E-state index contributed by atoms with van der Waals surface area (Å²) in [6, 6.07) is 0.847. The predicted molar refractivity (Wildman–Crippen MR) is 121 cm³/mol. The van der Waals surface area contributed by atoms with Crippen LogP contribution in [-0.2, 0) is 0 Å². The van der Waals surface area contributed by atoms with Crippen LogP contribution in [0.1, 0.15) is 65.7 Å². The first-order valence-electron chi connectivity index (χ1n) is 10.5. The van der Waals surface area contributed by atoms with Crippen molar-refractivity contribution in [1.82, 2.24) is 15.5 Å². The number of aliphatic hydroxyl groups is 1. The molecule has 0 amide bonds. The summed E-state index contributed by atoms with van der Waals surface area (Å²) >= 11 is 0. The number of aliphatic imine (C=N–C) groups is 1. The Balaban J connectivity index is 0.00000338. The van der Waals surface area contributed by atoms with Crippen LogP contribution in [0.5, 0.6) is 0 Å². The standard InChI is InChI=1S/C20H40N4O.HI/c1-4-20(5-2,11-14-25)16-23-19(21-6-3)22-12-13-24(18-9-10-18)15-17-7-8-17;/h17-18,25H,4-16H2,1-3H3,(H2,21,22,23);1H. The van der Waals surface area contributed by atoms with Crippen LogP contribution >= 0.6 is 24.0 Å². The van der Waals surface area contributed by atoms with Crippen LogP contribution in [0.15, 0.2) is 4.99 Å². The Bertz CT molecular complexity index is 407. The minimum Gasteiger partial charge on any atom is -0.396 e. The lowest BCUT2D eigenvalue weighted by Gasteiger charge is -2.29. The fraction of sp³-hybridized carbons (Fsp3) is 0.950. The van der Waals surface area contributed by atoms with Gasteiger partial charge in [-0.25, -0.2) is 0 Å². The average Bonchev–Trinajstić information content (AvgIpc) is 3.50. The first-order chi connectivity index (χ1) is 12.2. The lowest BCUT2D eigenvalue weighted by molar-refractivity contribution is 0.175. The van der Waals surface area contributed by atoms with Gasteiger partial charge in [0.05, 0.1) is 0 Å². The molecular formula is C20H41IN4O. The van der Waals surface area contributed by atoms with E-state index in [0.29, 0.717) is 0 Å². The minimum absolute atomic E-state index is 0. The summed E-state index contributed by atoms with van der Waals surface area (Å²) in [6.07, 6.45) is 8.59. The van der Waals surface area contributed by atoms with E-state index in [1.54, 1.807) is 0 Å². The van der Waals surface area contributed by atoms with Crippen LogP contribution in [0.3, 0.4) is 0 Å². The summed E-state index contributed by atoms with van der Waals surface area (Å²) in [5, 5.41) is 16.3. The van der Waals surface area contributed by atoms with Crippen LogP contribution in [-0.4, -0.2) is 61.3 Å². The summed E-state index contributed by atoms with van der Waals surface area (Å²) in [5.41, 5.74) is 0.128. The molecule has 0 saturated heterocycles. The number of guanidine groups is 1. The molecular weight excluding hydrogens is 439 g/mol. The SMILES string of the molecule is CCNC(=NCC(CC)(CC)CCO)NCCN(CC1CC1)C1CC1.I. The van der Waals surface area contributed by atoms with Crippen molar-refractivity contribution < 1.29 is 5.11 Å². The van der Waals surface area contributed by atoms with Crippen molar-refractivity contribution in [2.45, 2.75) is 71.8 Å². The Morgan fingerprint density at radius 1 is 1.12 bits per heavy atom. The first-order valence-corrected chi connectivity index (χ1v) is 10.5. The number of aliphatic hydroxyl groups excluding tert-OH is 1. The molecule has 2 aliphatic rings. The molecule has 0 spiro atoms. The number of nitrogens with one attached hydrogen (secondary N) is 2. The molecule has 0 atom stereocenters. The van der Waals surface area contributed by atoms with Crippen LogP contribution in [0.4, 0.5) is 0 Å². The third-order valence-corrected chi connectivity index (χ3v) is 6.00. The summed E-state index contributed by atoms with van der Waals surface area (Å²) in [7, 11) is 0. The second kappa shape index (κ2) is 12.4. The Kier molecular flexibility index (Phi) is 11.4. The third-order valence-electron chi connectivity index (χ3n) is 6.00. The molecule has 2 fully saturated rings. The van der Waals surface area contributed by atoms with E-state index >= 15 is 0 Å². The van der Waals surface area contributed by atoms with E-state index in [2.05, 4.69) is 36.3 Å². The van der Waals surface area contributed by atoms with Gasteiger partial charge in [-0.15, -0.1) is 24.0 Å². The van der Waals surface area contributed by atoms with Gasteiger partial charge in [-0.3, -0.25) is 9.89 Å². The lowest BCUT2D eigenvalue weighted by atomic mass is 9.79. The largest absolute Gasteiger partial charge is 0.396 e. The summed E-state index contributed by atoms with van der Waals surface area (Å²) in [4.78, 5) is 7.52. The molecule has 0 bridgehead atoms. The summed E-state index contributed by atoms with van der Waals surface area (Å²) in [5.74, 6) is 1.89. The quantitative estimate of drug-likeness (QED) is 0.215. The molecule has 0 aromatic rings. The highest BCUT2D eigenvalue weighted by Crippen LogP contribution is 2.34. The molecule has 0 unspecified atom stereocenters. The smallest absolute Gasteiger partial charge is 0.191 e. The predicted octanol–water partition coefficient (Wildman–Crippen LogP) is 3.22. The second-order valence-electron chi connectivity index (χ2n) is 7.97. The van der Waals surface area contributed by atoms with Gasteiger partial charge in [0.15, 0.2) is 5.96 Å². The maximum absolute atomic E-state index is 9.38. The van der Waals surface area contributed by atoms with Crippen molar-refractivity contribution >= 4 is 29.9 Å². The van der Waals surface area contributed by atoms with E-state index in [4.69, 9.17) is 4.99 Å². The van der Waals surface area contributed by atoms with Crippen LogP contribution in [0.25, 0.3) is 0 Å². The van der Waals surface area contributed by atoms with Crippen LogP contribution < -0.4 is 10.6 Å². The Labute approximate surface area is 177 Å². The molecule has 2 rings (SSSR count). The minimum atomic E-state index is 0. The maximum Gasteiger partial charge on any atom is 0.191 e. The average molecular weight is 480 g/mol. The van der Waals surface area contributed by atoms with E-state index < -0.39 is 0 Å². The van der Waals surface area contributed by atoms with Gasteiger partial charge < -0.3 is 15.7 Å². The molecule has 26 heavy (non-hydrogen) atoms. The number of rotatable bonds is 13. The molecule has 3 N–H and O–H groups in total. The van der Waals surface area contributed by atoms with Crippen molar-refractivity contribution in [3.8, 4) is 0 Å². The van der Waals surface area contributed by atoms with Crippen LogP contribution in [0.2, 0.25) is 0 Å². The van der Waals surface area contributed by atoms with Crippen molar-refractivity contribution in [1.29, 1.82) is 0 Å². The van der Waals surface area contributed by atoms with E-state index in [9.17, 15) is 5.11 Å². The van der Waals surface area contributed by atoms with Crippen molar-refractivity contribution in [3.63, 3.8) is 0 Å². The topological polar surface area (TPSA) is 59.9 Å². The zero-order valence-corrected chi connectivity index (χ0v) is 19.4. The third kappa shape index (κ3) is 8.30. The molecule has 2 aliphatic carbocycles. The maximum atomic E-state index is 9.38. The number of hydrogen-bond donors (Lipinski definition) is 3. The van der Waals surface area contributed by atoms with Gasteiger partial charge in [0.2, 0.25) is 0 Å². The lowest BCUT2D eigenvalue weighted by Crippen LogP contribution is -2.43. The Hall–Kier alpha value is -0.0800. The van der Waals surface area contributed by atoms with Crippen molar-refractivity contribution in [2.24, 2.45) is 16.3 Å². The Morgan fingerprint density at radius 2 is 1.81 bits per heavy atom. The molecule has 0 aromatic carbocycles. The molecule has 2 saturated carbocycles. The fourth-order valence-electron chi connectivity index (χ4n) is 3.54. The molecule has 0 heterocycles. The summed E-state index contributed by atoms with van der Waals surface area (Å²) in [6.45, 7) is 11.8. The molecule has 0 radical (unpaired) electrons. The van der Waals surface area contributed by atoms with Gasteiger partial charge in [0, 0.05) is 45.4 Å². The first kappa shape index (κ1) is 24.0. The molecule has 6 heteroatoms. The summed E-state index contributed by atoms with van der Waals surface area (Å²) < 4.78 is 0. The van der Waals surface area contributed by atoms with E-state index in [1.165, 1.54) is 32.2 Å². The van der Waals surface area contributed by atoms with E-state index in [0.717, 1.165) is 63.4 Å². The Morgan fingerprint density at radius 3 is 2.31 bits per heavy atom. The van der Waals surface area contributed by atoms with Gasteiger partial charge >= 0.3 is 0 Å². The highest BCUT2D eigenvalue weighted by molar-refractivity contribution is 14.0. The van der Waals surface area contributed by atoms with Crippen LogP contribution in [0, 0.1) is 11.3 Å². The molecule has 0 aromatic heterocycles. The van der Waals surface area contributed by atoms with Gasteiger partial charge in [0.1, 0.15) is 0 Å². The number of halogens is 1. The monoisotopic (exact) mass is 480 g/mol. The molecule has 5 nitrogen and oxygen atoms in total. The van der Waals surface area contributed by atoms with Gasteiger partial charge in [0.25, 0.3) is 0 Å². The molecule has 0 aliphatic heterocycles. The van der Waals surface area contributed by atoms with E-state index in [1.807, 2.05) is 0 Å². The zero-order valence-electron chi connectivity index (χ0n) is 17.1. The number of nitrogens with zero attached hydrogens (tertiary/aromatic N) is 2. The van der Waals surface area contributed by atoms with Gasteiger partial charge in [-0.05, 0) is 63.2 Å². The normalized spacial score (nSPS) is 18.0. The van der Waals surface area contributed by atoms with Gasteiger partial charge in [-0.2, -0.15) is 0 Å². The molecule has 154 valence electrons. The van der Waals surface area contributed by atoms with Crippen molar-refractivity contribution in [2.75, 3.05) is 39.3 Å². The van der Waals surface area contributed by atoms with Gasteiger partial charge in [-0.1, -0.05) is 13.8 Å². The zero-order chi connectivity index (χ0) is 18.1. The van der Waals surface area contributed by atoms with Crippen molar-refractivity contribution in [3.05, 3.63) is 0 Å². The highest BCUT2D eigenvalue weighted by atomic mass is 127. The van der Waals surface area contributed by atoms with E-state index in [-0.39, 0.29) is 36.0 Å². The second-order valence-corrected chi connectivity index (χ2v) is 7.97. The fourth-order valence-corrected chi connectivity index (χ4v) is 3.54.